The van der Waals surface area contributed by atoms with Gasteiger partial charge in [-0.25, -0.2) is 0 Å². The van der Waals surface area contributed by atoms with E-state index >= 15 is 0 Å². The smallest absolute Gasteiger partial charge is 0.0671 e. The molecule has 0 aliphatic heterocycles. The topological polar surface area (TPSA) is 21.3 Å². The molecule has 0 radical (unpaired) electrons. The standard InChI is InChI=1S/C12H19NO/c1-3-14-11(2)9-13-10-12-7-5-4-6-8-12/h4-8,11,13H,3,9-10H2,1-2H3. The molecule has 0 saturated carbocycles. The number of rotatable bonds is 6. The Kier molecular flexibility index (Phi) is 5.27. The van der Waals surface area contributed by atoms with E-state index in [-0.39, 0.29) is 0 Å². The van der Waals surface area contributed by atoms with Gasteiger partial charge in [0.2, 0.25) is 0 Å². The first-order chi connectivity index (χ1) is 6.83. The molecule has 2 heteroatoms. The van der Waals surface area contributed by atoms with Crippen LogP contribution in [0.3, 0.4) is 0 Å². The second-order valence-electron chi connectivity index (χ2n) is 3.38. The van der Waals surface area contributed by atoms with Crippen molar-refractivity contribution >= 4 is 0 Å². The molecule has 0 bridgehead atoms. The number of nitrogens with one attached hydrogen (secondary N) is 1. The van der Waals surface area contributed by atoms with Gasteiger partial charge in [0.25, 0.3) is 0 Å². The lowest BCUT2D eigenvalue weighted by Gasteiger charge is -2.12. The summed E-state index contributed by atoms with van der Waals surface area (Å²) in [6.45, 7) is 6.71. The molecular formula is C12H19NO. The lowest BCUT2D eigenvalue weighted by Crippen LogP contribution is -2.26. The maximum atomic E-state index is 5.42. The van der Waals surface area contributed by atoms with Crippen molar-refractivity contribution < 1.29 is 4.74 Å². The molecule has 1 rings (SSSR count). The van der Waals surface area contributed by atoms with Gasteiger partial charge in [-0.1, -0.05) is 30.3 Å². The summed E-state index contributed by atoms with van der Waals surface area (Å²) in [5.41, 5.74) is 1.32. The molecule has 0 saturated heterocycles. The summed E-state index contributed by atoms with van der Waals surface area (Å²) in [5, 5.41) is 3.36. The van der Waals surface area contributed by atoms with E-state index in [4.69, 9.17) is 4.74 Å². The molecule has 78 valence electrons. The second-order valence-corrected chi connectivity index (χ2v) is 3.38. The second kappa shape index (κ2) is 6.57. The van der Waals surface area contributed by atoms with Gasteiger partial charge in [-0.15, -0.1) is 0 Å². The summed E-state index contributed by atoms with van der Waals surface area (Å²) < 4.78 is 5.42. The van der Waals surface area contributed by atoms with E-state index in [1.807, 2.05) is 13.0 Å². The van der Waals surface area contributed by atoms with Crippen molar-refractivity contribution in [3.05, 3.63) is 35.9 Å². The quantitative estimate of drug-likeness (QED) is 0.748. The zero-order valence-corrected chi connectivity index (χ0v) is 8.99. The molecular weight excluding hydrogens is 174 g/mol. The van der Waals surface area contributed by atoms with Crippen LogP contribution in [-0.2, 0) is 11.3 Å². The molecule has 0 spiro atoms. The minimum Gasteiger partial charge on any atom is -0.377 e. The maximum Gasteiger partial charge on any atom is 0.0671 e. The van der Waals surface area contributed by atoms with Crippen LogP contribution in [0.1, 0.15) is 19.4 Å². The van der Waals surface area contributed by atoms with E-state index in [1.54, 1.807) is 0 Å². The molecule has 1 atom stereocenters. The van der Waals surface area contributed by atoms with Crippen molar-refractivity contribution in [2.45, 2.75) is 26.5 Å². The Hall–Kier alpha value is -0.860. The molecule has 0 aromatic heterocycles. The van der Waals surface area contributed by atoms with E-state index in [0.717, 1.165) is 19.7 Å². The van der Waals surface area contributed by atoms with Gasteiger partial charge in [0.05, 0.1) is 6.10 Å². The van der Waals surface area contributed by atoms with Crippen molar-refractivity contribution in [3.8, 4) is 0 Å². The Morgan fingerprint density at radius 2 is 2.00 bits per heavy atom. The molecule has 0 heterocycles. The third kappa shape index (κ3) is 4.40. The molecule has 1 N–H and O–H groups in total. The summed E-state index contributed by atoms with van der Waals surface area (Å²) in [4.78, 5) is 0. The Balaban J connectivity index is 2.16. The average molecular weight is 193 g/mol. The maximum absolute atomic E-state index is 5.42. The fraction of sp³-hybridized carbons (Fsp3) is 0.500. The van der Waals surface area contributed by atoms with Crippen LogP contribution in [0.15, 0.2) is 30.3 Å². The van der Waals surface area contributed by atoms with Gasteiger partial charge in [-0.3, -0.25) is 0 Å². The largest absolute Gasteiger partial charge is 0.377 e. The van der Waals surface area contributed by atoms with Gasteiger partial charge in [0, 0.05) is 19.7 Å². The summed E-state index contributed by atoms with van der Waals surface area (Å²) >= 11 is 0. The molecule has 0 aliphatic rings. The summed E-state index contributed by atoms with van der Waals surface area (Å²) in [6.07, 6.45) is 0.295. The molecule has 0 fully saturated rings. The SMILES string of the molecule is CCOC(C)CNCc1ccccc1. The fourth-order valence-electron chi connectivity index (χ4n) is 1.36. The summed E-state index contributed by atoms with van der Waals surface area (Å²) in [6, 6.07) is 10.4. The van der Waals surface area contributed by atoms with Crippen LogP contribution < -0.4 is 5.32 Å². The van der Waals surface area contributed by atoms with Gasteiger partial charge in [-0.2, -0.15) is 0 Å². The van der Waals surface area contributed by atoms with Crippen LogP contribution >= 0.6 is 0 Å². The molecule has 1 aromatic rings. The van der Waals surface area contributed by atoms with E-state index < -0.39 is 0 Å². The van der Waals surface area contributed by atoms with Gasteiger partial charge in [0.15, 0.2) is 0 Å². The lowest BCUT2D eigenvalue weighted by atomic mass is 10.2. The van der Waals surface area contributed by atoms with E-state index in [0.29, 0.717) is 6.10 Å². The summed E-state index contributed by atoms with van der Waals surface area (Å²) in [7, 11) is 0. The van der Waals surface area contributed by atoms with E-state index in [2.05, 4.69) is 36.5 Å². The first-order valence-electron chi connectivity index (χ1n) is 5.19. The predicted octanol–water partition coefficient (Wildman–Crippen LogP) is 2.20. The Morgan fingerprint density at radius 1 is 1.29 bits per heavy atom. The number of hydrogen-bond donors (Lipinski definition) is 1. The van der Waals surface area contributed by atoms with Gasteiger partial charge < -0.3 is 10.1 Å². The first kappa shape index (κ1) is 11.2. The van der Waals surface area contributed by atoms with E-state index in [9.17, 15) is 0 Å². The predicted molar refractivity (Wildman–Crippen MR) is 59.2 cm³/mol. The minimum absolute atomic E-state index is 0.295. The highest BCUT2D eigenvalue weighted by atomic mass is 16.5. The van der Waals surface area contributed by atoms with Gasteiger partial charge >= 0.3 is 0 Å². The van der Waals surface area contributed by atoms with Crippen molar-refractivity contribution in [2.75, 3.05) is 13.2 Å². The zero-order chi connectivity index (χ0) is 10.2. The van der Waals surface area contributed by atoms with E-state index in [1.165, 1.54) is 5.56 Å². The highest BCUT2D eigenvalue weighted by Crippen LogP contribution is 1.97. The molecule has 1 aromatic carbocycles. The van der Waals surface area contributed by atoms with Gasteiger partial charge in [0.1, 0.15) is 0 Å². The third-order valence-corrected chi connectivity index (χ3v) is 2.05. The monoisotopic (exact) mass is 193 g/mol. The molecule has 0 amide bonds. The van der Waals surface area contributed by atoms with Crippen LogP contribution in [0.2, 0.25) is 0 Å². The minimum atomic E-state index is 0.295. The molecule has 2 nitrogen and oxygen atoms in total. The van der Waals surface area contributed by atoms with Crippen LogP contribution in [0.25, 0.3) is 0 Å². The summed E-state index contributed by atoms with van der Waals surface area (Å²) in [5.74, 6) is 0. The van der Waals surface area contributed by atoms with Crippen molar-refractivity contribution in [3.63, 3.8) is 0 Å². The Bertz CT molecular complexity index is 235. The number of ether oxygens (including phenoxy) is 1. The first-order valence-corrected chi connectivity index (χ1v) is 5.19. The Labute approximate surface area is 86.3 Å². The van der Waals surface area contributed by atoms with Crippen LogP contribution in [-0.4, -0.2) is 19.3 Å². The number of hydrogen-bond acceptors (Lipinski definition) is 2. The fourth-order valence-corrected chi connectivity index (χ4v) is 1.36. The zero-order valence-electron chi connectivity index (χ0n) is 8.99. The van der Waals surface area contributed by atoms with Crippen LogP contribution in [0.4, 0.5) is 0 Å². The van der Waals surface area contributed by atoms with Crippen molar-refractivity contribution in [1.82, 2.24) is 5.32 Å². The van der Waals surface area contributed by atoms with Crippen molar-refractivity contribution in [1.29, 1.82) is 0 Å². The lowest BCUT2D eigenvalue weighted by molar-refractivity contribution is 0.0759. The highest BCUT2D eigenvalue weighted by molar-refractivity contribution is 5.14. The Morgan fingerprint density at radius 3 is 2.64 bits per heavy atom. The van der Waals surface area contributed by atoms with Crippen molar-refractivity contribution in [2.24, 2.45) is 0 Å². The molecule has 14 heavy (non-hydrogen) atoms. The van der Waals surface area contributed by atoms with Crippen LogP contribution in [0.5, 0.6) is 0 Å². The molecule has 1 unspecified atom stereocenters. The number of benzene rings is 1. The highest BCUT2D eigenvalue weighted by Gasteiger charge is 1.99. The molecule has 0 aliphatic carbocycles. The average Bonchev–Trinajstić information content (AvgIpc) is 2.20. The van der Waals surface area contributed by atoms with Gasteiger partial charge in [-0.05, 0) is 19.4 Å². The van der Waals surface area contributed by atoms with Crippen LogP contribution in [0, 0.1) is 0 Å². The normalized spacial score (nSPS) is 12.7. The third-order valence-electron chi connectivity index (χ3n) is 2.05.